The third-order valence-corrected chi connectivity index (χ3v) is 4.76. The lowest BCUT2D eigenvalue weighted by Crippen LogP contribution is -2.33. The largest absolute Gasteiger partial charge is 0.389 e. The molecule has 4 heteroatoms. The first-order valence-electron chi connectivity index (χ1n) is 6.96. The van der Waals surface area contributed by atoms with Crippen LogP contribution in [0.15, 0.2) is 22.7 Å². The lowest BCUT2D eigenvalue weighted by molar-refractivity contribution is 0.378. The summed E-state index contributed by atoms with van der Waals surface area (Å²) in [5, 5.41) is 0. The number of rotatable bonds is 4. The van der Waals surface area contributed by atoms with Gasteiger partial charge in [0.1, 0.15) is 4.99 Å². The van der Waals surface area contributed by atoms with Crippen molar-refractivity contribution in [2.45, 2.75) is 32.6 Å². The van der Waals surface area contributed by atoms with Gasteiger partial charge in [0.15, 0.2) is 0 Å². The second-order valence-electron chi connectivity index (χ2n) is 5.25. The van der Waals surface area contributed by atoms with Crippen molar-refractivity contribution in [3.63, 3.8) is 0 Å². The van der Waals surface area contributed by atoms with Crippen LogP contribution in [0.5, 0.6) is 0 Å². The summed E-state index contributed by atoms with van der Waals surface area (Å²) in [5.74, 6) is 0.913. The lowest BCUT2D eigenvalue weighted by Gasteiger charge is -2.34. The molecule has 0 spiro atoms. The van der Waals surface area contributed by atoms with Gasteiger partial charge in [-0.2, -0.15) is 0 Å². The van der Waals surface area contributed by atoms with E-state index in [1.165, 1.54) is 31.4 Å². The Morgan fingerprint density at radius 1 is 1.42 bits per heavy atom. The summed E-state index contributed by atoms with van der Waals surface area (Å²) in [6, 6.07) is 6.16. The summed E-state index contributed by atoms with van der Waals surface area (Å²) in [6.07, 6.45) is 5.28. The molecule has 0 saturated carbocycles. The summed E-state index contributed by atoms with van der Waals surface area (Å²) in [5.41, 5.74) is 7.84. The van der Waals surface area contributed by atoms with Gasteiger partial charge < -0.3 is 10.6 Å². The molecule has 104 valence electrons. The lowest BCUT2D eigenvalue weighted by atomic mass is 9.92. The molecule has 0 amide bonds. The average Bonchev–Trinajstić information content (AvgIpc) is 2.40. The number of benzene rings is 1. The fourth-order valence-electron chi connectivity index (χ4n) is 2.79. The van der Waals surface area contributed by atoms with Crippen molar-refractivity contribution in [2.75, 3.05) is 18.0 Å². The number of nitrogens with zero attached hydrogens (tertiary/aromatic N) is 1. The van der Waals surface area contributed by atoms with Crippen LogP contribution < -0.4 is 10.6 Å². The van der Waals surface area contributed by atoms with Crippen LogP contribution in [-0.2, 0) is 0 Å². The van der Waals surface area contributed by atoms with Crippen LogP contribution >= 0.6 is 28.1 Å². The minimum absolute atomic E-state index is 0.453. The number of piperidine rings is 1. The molecule has 19 heavy (non-hydrogen) atoms. The molecule has 0 aromatic heterocycles. The molecule has 0 radical (unpaired) electrons. The Kier molecular flexibility index (Phi) is 5.22. The molecule has 1 aromatic rings. The van der Waals surface area contributed by atoms with Gasteiger partial charge >= 0.3 is 0 Å². The normalized spacial score (nSPS) is 16.6. The van der Waals surface area contributed by atoms with E-state index in [4.69, 9.17) is 18.0 Å². The van der Waals surface area contributed by atoms with Crippen molar-refractivity contribution in [2.24, 2.45) is 11.7 Å². The highest BCUT2D eigenvalue weighted by Crippen LogP contribution is 2.31. The zero-order valence-corrected chi connectivity index (χ0v) is 13.8. The second-order valence-corrected chi connectivity index (χ2v) is 6.54. The number of thiocarbonyl (C=S) groups is 1. The van der Waals surface area contributed by atoms with E-state index < -0.39 is 0 Å². The molecule has 2 N–H and O–H groups in total. The van der Waals surface area contributed by atoms with Crippen LogP contribution in [0.1, 0.15) is 38.2 Å². The minimum Gasteiger partial charge on any atom is -0.389 e. The Bertz CT molecular complexity index is 453. The van der Waals surface area contributed by atoms with E-state index in [1.54, 1.807) is 0 Å². The fraction of sp³-hybridized carbons (Fsp3) is 0.533. The van der Waals surface area contributed by atoms with Gasteiger partial charge in [0, 0.05) is 23.1 Å². The van der Waals surface area contributed by atoms with Crippen LogP contribution in [0.2, 0.25) is 0 Å². The Balaban J connectivity index is 2.05. The molecule has 1 heterocycles. The molecule has 0 aliphatic carbocycles. The fourth-order valence-corrected chi connectivity index (χ4v) is 3.54. The second kappa shape index (κ2) is 6.71. The van der Waals surface area contributed by atoms with Gasteiger partial charge in [-0.3, -0.25) is 0 Å². The summed E-state index contributed by atoms with van der Waals surface area (Å²) in [6.45, 7) is 4.57. The van der Waals surface area contributed by atoms with Crippen LogP contribution in [0.3, 0.4) is 0 Å². The predicted octanol–water partition coefficient (Wildman–Crippen LogP) is 4.10. The SMILES string of the molecule is CCCC1CCN(c2ccc(C(N)=S)cc2Br)CC1. The standard InChI is InChI=1S/C15H21BrN2S/c1-2-3-11-6-8-18(9-7-11)14-5-4-12(15(17)19)10-13(14)16/h4-5,10-11H,2-3,6-9H2,1H3,(H2,17,19). The first-order chi connectivity index (χ1) is 9.11. The van der Waals surface area contributed by atoms with Gasteiger partial charge in [-0.15, -0.1) is 0 Å². The molecule has 1 fully saturated rings. The Morgan fingerprint density at radius 2 is 2.11 bits per heavy atom. The number of halogens is 1. The van der Waals surface area contributed by atoms with Crippen LogP contribution in [-0.4, -0.2) is 18.1 Å². The molecule has 2 rings (SSSR count). The van der Waals surface area contributed by atoms with Crippen molar-refractivity contribution in [1.29, 1.82) is 0 Å². The predicted molar refractivity (Wildman–Crippen MR) is 89.9 cm³/mol. The molecular formula is C15H21BrN2S. The molecule has 0 unspecified atom stereocenters. The highest BCUT2D eigenvalue weighted by Gasteiger charge is 2.20. The molecule has 1 aliphatic heterocycles. The maximum atomic E-state index is 5.66. The van der Waals surface area contributed by atoms with E-state index in [9.17, 15) is 0 Å². The van der Waals surface area contributed by atoms with Gasteiger partial charge in [0.05, 0.1) is 5.69 Å². The number of hydrogen-bond acceptors (Lipinski definition) is 2. The Morgan fingerprint density at radius 3 is 2.63 bits per heavy atom. The number of nitrogens with two attached hydrogens (primary N) is 1. The maximum absolute atomic E-state index is 5.66. The highest BCUT2D eigenvalue weighted by molar-refractivity contribution is 9.10. The first kappa shape index (κ1) is 14.8. The van der Waals surface area contributed by atoms with E-state index in [1.807, 2.05) is 12.1 Å². The molecule has 1 saturated heterocycles. The Labute approximate surface area is 129 Å². The molecule has 1 aliphatic rings. The third-order valence-electron chi connectivity index (χ3n) is 3.88. The highest BCUT2D eigenvalue weighted by atomic mass is 79.9. The van der Waals surface area contributed by atoms with Crippen LogP contribution in [0.25, 0.3) is 0 Å². The smallest absolute Gasteiger partial charge is 0.104 e. The van der Waals surface area contributed by atoms with Gasteiger partial charge in [-0.1, -0.05) is 32.0 Å². The van der Waals surface area contributed by atoms with E-state index in [0.29, 0.717) is 4.99 Å². The molecule has 2 nitrogen and oxygen atoms in total. The van der Waals surface area contributed by atoms with Gasteiger partial charge in [0.25, 0.3) is 0 Å². The summed E-state index contributed by atoms with van der Waals surface area (Å²) < 4.78 is 1.09. The topological polar surface area (TPSA) is 29.3 Å². The third kappa shape index (κ3) is 3.69. The summed E-state index contributed by atoms with van der Waals surface area (Å²) >= 11 is 8.65. The number of anilines is 1. The summed E-state index contributed by atoms with van der Waals surface area (Å²) in [4.78, 5) is 2.91. The molecule has 0 bridgehead atoms. The zero-order chi connectivity index (χ0) is 13.8. The molecular weight excluding hydrogens is 320 g/mol. The number of hydrogen-bond donors (Lipinski definition) is 1. The van der Waals surface area contributed by atoms with E-state index in [0.717, 1.165) is 29.0 Å². The van der Waals surface area contributed by atoms with Crippen molar-refractivity contribution in [1.82, 2.24) is 0 Å². The monoisotopic (exact) mass is 340 g/mol. The van der Waals surface area contributed by atoms with Gasteiger partial charge in [0.2, 0.25) is 0 Å². The molecule has 1 aromatic carbocycles. The quantitative estimate of drug-likeness (QED) is 0.836. The van der Waals surface area contributed by atoms with E-state index in [-0.39, 0.29) is 0 Å². The average molecular weight is 341 g/mol. The molecule has 0 atom stereocenters. The zero-order valence-electron chi connectivity index (χ0n) is 11.4. The van der Waals surface area contributed by atoms with E-state index >= 15 is 0 Å². The first-order valence-corrected chi connectivity index (χ1v) is 8.16. The maximum Gasteiger partial charge on any atom is 0.104 e. The van der Waals surface area contributed by atoms with Crippen molar-refractivity contribution >= 4 is 38.8 Å². The Hall–Kier alpha value is -0.610. The van der Waals surface area contributed by atoms with Gasteiger partial charge in [-0.05, 0) is 52.9 Å². The van der Waals surface area contributed by atoms with Crippen molar-refractivity contribution in [3.05, 3.63) is 28.2 Å². The van der Waals surface area contributed by atoms with Crippen LogP contribution in [0.4, 0.5) is 5.69 Å². The van der Waals surface area contributed by atoms with Gasteiger partial charge in [-0.25, -0.2) is 0 Å². The van der Waals surface area contributed by atoms with Crippen molar-refractivity contribution in [3.8, 4) is 0 Å². The van der Waals surface area contributed by atoms with Crippen LogP contribution in [0, 0.1) is 5.92 Å². The summed E-state index contributed by atoms with van der Waals surface area (Å²) in [7, 11) is 0. The van der Waals surface area contributed by atoms with Crippen molar-refractivity contribution < 1.29 is 0 Å². The van der Waals surface area contributed by atoms with E-state index in [2.05, 4.69) is 33.8 Å². The minimum atomic E-state index is 0.453.